The molecule has 3 rings (SSSR count). The number of aryl methyl sites for hydroxylation is 1. The first kappa shape index (κ1) is 24.1. The number of piperidine rings is 2. The Morgan fingerprint density at radius 2 is 1.84 bits per heavy atom. The van der Waals surface area contributed by atoms with Crippen LogP contribution >= 0.6 is 0 Å². The number of rotatable bonds is 6. The van der Waals surface area contributed by atoms with Crippen molar-refractivity contribution < 1.29 is 22.9 Å². The summed E-state index contributed by atoms with van der Waals surface area (Å²) in [5.74, 6) is -0.550. The molecule has 1 aromatic carbocycles. The highest BCUT2D eigenvalue weighted by Crippen LogP contribution is 2.29. The van der Waals surface area contributed by atoms with E-state index in [2.05, 4.69) is 5.32 Å². The number of likely N-dealkylation sites (tertiary alicyclic amines) is 1. The molecular weight excluding hydrogens is 436 g/mol. The topological polar surface area (TPSA) is 130 Å². The molecule has 10 nitrogen and oxygen atoms in total. The number of nitrogens with one attached hydrogen (secondary N) is 1. The molecule has 0 bridgehead atoms. The van der Waals surface area contributed by atoms with Gasteiger partial charge in [-0.15, -0.1) is 0 Å². The zero-order chi connectivity index (χ0) is 23.5. The zero-order valence-corrected chi connectivity index (χ0v) is 19.3. The number of sulfonamides is 1. The van der Waals surface area contributed by atoms with Crippen LogP contribution in [0.2, 0.25) is 0 Å². The number of amides is 2. The van der Waals surface area contributed by atoms with E-state index in [4.69, 9.17) is 0 Å². The molecule has 32 heavy (non-hydrogen) atoms. The van der Waals surface area contributed by atoms with Crippen LogP contribution in [-0.2, 0) is 19.6 Å². The Morgan fingerprint density at radius 1 is 1.16 bits per heavy atom. The zero-order valence-electron chi connectivity index (χ0n) is 18.5. The van der Waals surface area contributed by atoms with Gasteiger partial charge in [-0.05, 0) is 45.1 Å². The molecule has 2 fully saturated rings. The number of non-ortho nitro benzene ring substituents is 1. The Bertz CT molecular complexity index is 988. The summed E-state index contributed by atoms with van der Waals surface area (Å²) in [6, 6.07) is 3.81. The Hall–Kier alpha value is -2.53. The molecule has 1 unspecified atom stereocenters. The molecule has 11 heteroatoms. The maximum absolute atomic E-state index is 13.1. The summed E-state index contributed by atoms with van der Waals surface area (Å²) >= 11 is 0. The molecule has 0 spiro atoms. The third kappa shape index (κ3) is 5.09. The minimum Gasteiger partial charge on any atom is -0.356 e. The summed E-state index contributed by atoms with van der Waals surface area (Å²) in [7, 11) is -3.90. The maximum Gasteiger partial charge on any atom is 0.270 e. The Labute approximate surface area is 188 Å². The number of hydrogen-bond acceptors (Lipinski definition) is 6. The second-order valence-corrected chi connectivity index (χ2v) is 10.3. The van der Waals surface area contributed by atoms with Gasteiger partial charge in [-0.2, -0.15) is 4.31 Å². The minimum absolute atomic E-state index is 0.0254. The van der Waals surface area contributed by atoms with Crippen LogP contribution in [0, 0.1) is 28.9 Å². The standard InChI is InChI=1S/C21H30N4O6S/c1-3-22-20(26)17-5-4-10-23(14-17)21(27)16-8-11-24(12-9-16)32(30,31)19-13-18(25(28)29)7-6-15(19)2/h6-7,13,16-17H,3-5,8-12,14H2,1-2H3,(H,22,26). The number of carbonyl (C=O) groups excluding carboxylic acids is 2. The van der Waals surface area contributed by atoms with Gasteiger partial charge in [0.15, 0.2) is 0 Å². The van der Waals surface area contributed by atoms with E-state index >= 15 is 0 Å². The molecule has 0 aromatic heterocycles. The molecule has 2 aliphatic heterocycles. The van der Waals surface area contributed by atoms with Crippen LogP contribution in [0.15, 0.2) is 23.1 Å². The van der Waals surface area contributed by atoms with Crippen molar-refractivity contribution in [2.45, 2.75) is 44.4 Å². The lowest BCUT2D eigenvalue weighted by Crippen LogP contribution is -2.49. The van der Waals surface area contributed by atoms with Crippen molar-refractivity contribution in [3.8, 4) is 0 Å². The summed E-state index contributed by atoms with van der Waals surface area (Å²) < 4.78 is 27.5. The number of nitrogens with zero attached hydrogens (tertiary/aromatic N) is 3. The number of nitro benzene ring substituents is 1. The molecule has 2 amide bonds. The van der Waals surface area contributed by atoms with E-state index in [-0.39, 0.29) is 47.3 Å². The van der Waals surface area contributed by atoms with Crippen LogP contribution in [0.4, 0.5) is 5.69 Å². The van der Waals surface area contributed by atoms with Crippen molar-refractivity contribution in [1.82, 2.24) is 14.5 Å². The van der Waals surface area contributed by atoms with Crippen LogP contribution in [0.5, 0.6) is 0 Å². The molecular formula is C21H30N4O6S. The second kappa shape index (κ2) is 9.95. The van der Waals surface area contributed by atoms with Crippen LogP contribution in [-0.4, -0.2) is 67.1 Å². The van der Waals surface area contributed by atoms with Crippen molar-refractivity contribution >= 4 is 27.5 Å². The summed E-state index contributed by atoms with van der Waals surface area (Å²) in [4.78, 5) is 37.3. The van der Waals surface area contributed by atoms with Gasteiger partial charge >= 0.3 is 0 Å². The third-order valence-electron chi connectivity index (χ3n) is 6.26. The highest BCUT2D eigenvalue weighted by atomic mass is 32.2. The molecule has 1 aromatic rings. The Morgan fingerprint density at radius 3 is 2.47 bits per heavy atom. The highest BCUT2D eigenvalue weighted by molar-refractivity contribution is 7.89. The van der Waals surface area contributed by atoms with Crippen molar-refractivity contribution in [3.05, 3.63) is 33.9 Å². The van der Waals surface area contributed by atoms with Gasteiger partial charge in [-0.25, -0.2) is 8.42 Å². The van der Waals surface area contributed by atoms with Crippen LogP contribution in [0.3, 0.4) is 0 Å². The predicted octanol–water partition coefficient (Wildman–Crippen LogP) is 1.68. The van der Waals surface area contributed by atoms with Gasteiger partial charge in [0.1, 0.15) is 0 Å². The van der Waals surface area contributed by atoms with Gasteiger partial charge in [0.2, 0.25) is 21.8 Å². The molecule has 0 aliphatic carbocycles. The number of nitro groups is 1. The first-order chi connectivity index (χ1) is 15.1. The summed E-state index contributed by atoms with van der Waals surface area (Å²) in [5.41, 5.74) is 0.171. The fourth-order valence-corrected chi connectivity index (χ4v) is 6.14. The molecule has 2 aliphatic rings. The summed E-state index contributed by atoms with van der Waals surface area (Å²) in [6.45, 7) is 5.38. The van der Waals surface area contributed by atoms with Crippen molar-refractivity contribution in [2.24, 2.45) is 11.8 Å². The van der Waals surface area contributed by atoms with Gasteiger partial charge in [-0.1, -0.05) is 6.07 Å². The van der Waals surface area contributed by atoms with Crippen LogP contribution in [0.25, 0.3) is 0 Å². The van der Waals surface area contributed by atoms with Gasteiger partial charge in [0, 0.05) is 50.8 Å². The number of carbonyl (C=O) groups is 2. The van der Waals surface area contributed by atoms with Gasteiger partial charge in [0.25, 0.3) is 5.69 Å². The fourth-order valence-electron chi connectivity index (χ4n) is 4.43. The Kier molecular flexibility index (Phi) is 7.50. The molecule has 1 atom stereocenters. The number of benzene rings is 1. The van der Waals surface area contributed by atoms with Gasteiger partial charge < -0.3 is 10.2 Å². The first-order valence-electron chi connectivity index (χ1n) is 11.0. The quantitative estimate of drug-likeness (QED) is 0.501. The third-order valence-corrected chi connectivity index (χ3v) is 8.30. The maximum atomic E-state index is 13.1. The van der Waals surface area contributed by atoms with E-state index in [0.29, 0.717) is 38.0 Å². The van der Waals surface area contributed by atoms with E-state index in [1.54, 1.807) is 11.8 Å². The van der Waals surface area contributed by atoms with Crippen LogP contribution in [0.1, 0.15) is 38.2 Å². The van der Waals surface area contributed by atoms with Gasteiger partial charge in [-0.3, -0.25) is 19.7 Å². The summed E-state index contributed by atoms with van der Waals surface area (Å²) in [5, 5.41) is 13.9. The summed E-state index contributed by atoms with van der Waals surface area (Å²) in [6.07, 6.45) is 2.30. The molecule has 2 saturated heterocycles. The van der Waals surface area contributed by atoms with Crippen LogP contribution < -0.4 is 5.32 Å². The average Bonchev–Trinajstić information content (AvgIpc) is 2.79. The smallest absolute Gasteiger partial charge is 0.270 e. The Balaban J connectivity index is 1.64. The van der Waals surface area contributed by atoms with Crippen molar-refractivity contribution in [1.29, 1.82) is 0 Å². The SMILES string of the molecule is CCNC(=O)C1CCCN(C(=O)C2CCN(S(=O)(=O)c3cc([N+](=O)[O-])ccc3C)CC2)C1. The monoisotopic (exact) mass is 466 g/mol. The van der Waals surface area contributed by atoms with E-state index in [0.717, 1.165) is 18.9 Å². The molecule has 176 valence electrons. The molecule has 1 N–H and O–H groups in total. The van der Waals surface area contributed by atoms with E-state index < -0.39 is 14.9 Å². The normalized spacial score (nSPS) is 20.7. The van der Waals surface area contributed by atoms with E-state index in [1.165, 1.54) is 16.4 Å². The predicted molar refractivity (Wildman–Crippen MR) is 117 cm³/mol. The van der Waals surface area contributed by atoms with Crippen molar-refractivity contribution in [2.75, 3.05) is 32.7 Å². The lowest BCUT2D eigenvalue weighted by molar-refractivity contribution is -0.385. The molecule has 2 heterocycles. The van der Waals surface area contributed by atoms with Crippen molar-refractivity contribution in [3.63, 3.8) is 0 Å². The van der Waals surface area contributed by atoms with Gasteiger partial charge in [0.05, 0.1) is 15.7 Å². The lowest BCUT2D eigenvalue weighted by atomic mass is 9.92. The lowest BCUT2D eigenvalue weighted by Gasteiger charge is -2.37. The highest BCUT2D eigenvalue weighted by Gasteiger charge is 2.36. The number of hydrogen-bond donors (Lipinski definition) is 1. The molecule has 0 saturated carbocycles. The average molecular weight is 467 g/mol. The largest absolute Gasteiger partial charge is 0.356 e. The second-order valence-electron chi connectivity index (χ2n) is 8.40. The van der Waals surface area contributed by atoms with E-state index in [9.17, 15) is 28.1 Å². The minimum atomic E-state index is -3.90. The fraction of sp³-hybridized carbons (Fsp3) is 0.619. The van der Waals surface area contributed by atoms with E-state index in [1.807, 2.05) is 6.92 Å². The molecule has 0 radical (unpaired) electrons. The first-order valence-corrected chi connectivity index (χ1v) is 12.4.